The molecule has 9 heteroatoms. The molecule has 0 spiro atoms. The molecule has 0 amide bonds. The Bertz CT molecular complexity index is 725. The van der Waals surface area contributed by atoms with Gasteiger partial charge in [0.15, 0.2) is 5.16 Å². The molecule has 3 aromatic rings. The minimum absolute atomic E-state index is 0.00147. The number of hydrogen-bond donors (Lipinski definition) is 0. The fourth-order valence-electron chi connectivity index (χ4n) is 1.98. The molecule has 23 heavy (non-hydrogen) atoms. The Kier molecular flexibility index (Phi) is 5.42. The highest BCUT2D eigenvalue weighted by atomic mass is 32.2. The lowest BCUT2D eigenvalue weighted by Crippen LogP contribution is -2.03. The second-order valence-electron chi connectivity index (χ2n) is 4.84. The molecule has 0 N–H and O–H groups in total. The predicted octanol–water partition coefficient (Wildman–Crippen LogP) is 3.28. The molecular formula is C14H17N5O2S2. The lowest BCUT2D eigenvalue weighted by molar-refractivity contribution is 0.189. The van der Waals surface area contributed by atoms with Crippen molar-refractivity contribution >= 4 is 23.1 Å². The van der Waals surface area contributed by atoms with Crippen molar-refractivity contribution in [2.24, 2.45) is 0 Å². The Hall–Kier alpha value is -1.71. The average molecular weight is 351 g/mol. The summed E-state index contributed by atoms with van der Waals surface area (Å²) in [5.41, 5.74) is 0. The highest BCUT2D eigenvalue weighted by molar-refractivity contribution is 7.99. The number of thioether (sulfide) groups is 1. The van der Waals surface area contributed by atoms with Crippen LogP contribution in [0.3, 0.4) is 0 Å². The lowest BCUT2D eigenvalue weighted by atomic mass is 10.4. The van der Waals surface area contributed by atoms with E-state index in [0.717, 1.165) is 23.0 Å². The van der Waals surface area contributed by atoms with Crippen molar-refractivity contribution in [3.63, 3.8) is 0 Å². The number of methoxy groups -OCH3 is 1. The summed E-state index contributed by atoms with van der Waals surface area (Å²) in [5, 5.41) is 19.2. The minimum atomic E-state index is 0.00147. The van der Waals surface area contributed by atoms with Crippen LogP contribution < -0.4 is 0 Å². The number of hydrogen-bond acceptors (Lipinski definition) is 8. The Morgan fingerprint density at radius 1 is 1.39 bits per heavy atom. The quantitative estimate of drug-likeness (QED) is 0.455. The molecule has 3 heterocycles. The summed E-state index contributed by atoms with van der Waals surface area (Å²) in [6.07, 6.45) is 2.65. The van der Waals surface area contributed by atoms with Gasteiger partial charge in [-0.1, -0.05) is 17.8 Å². The highest BCUT2D eigenvalue weighted by Crippen LogP contribution is 2.34. The lowest BCUT2D eigenvalue weighted by Gasteiger charge is -2.08. The number of aryl methyl sites for hydroxylation is 1. The summed E-state index contributed by atoms with van der Waals surface area (Å²) in [5.74, 6) is 1.15. The fourth-order valence-corrected chi connectivity index (χ4v) is 3.50. The summed E-state index contributed by atoms with van der Waals surface area (Å²) in [6.45, 7) is 3.55. The summed E-state index contributed by atoms with van der Waals surface area (Å²) >= 11 is 3.13. The first-order valence-corrected chi connectivity index (χ1v) is 8.94. The maximum absolute atomic E-state index is 5.77. The Labute approximate surface area is 142 Å². The normalized spacial score (nSPS) is 12.6. The second kappa shape index (κ2) is 7.71. The molecule has 0 aliphatic heterocycles. The van der Waals surface area contributed by atoms with Crippen LogP contribution in [-0.4, -0.2) is 38.7 Å². The maximum atomic E-state index is 5.77. The number of rotatable bonds is 8. The third-order valence-corrected chi connectivity index (χ3v) is 5.07. The van der Waals surface area contributed by atoms with Crippen molar-refractivity contribution in [2.45, 2.75) is 30.3 Å². The van der Waals surface area contributed by atoms with E-state index in [-0.39, 0.29) is 5.25 Å². The molecule has 122 valence electrons. The minimum Gasteiger partial charge on any atom is -0.419 e. The van der Waals surface area contributed by atoms with Crippen LogP contribution in [-0.2, 0) is 11.3 Å². The summed E-state index contributed by atoms with van der Waals surface area (Å²) in [6, 6.07) is 3.93. The number of thiophene rings is 1. The zero-order chi connectivity index (χ0) is 16.1. The first kappa shape index (κ1) is 16.2. The van der Waals surface area contributed by atoms with E-state index in [9.17, 15) is 0 Å². The second-order valence-corrected chi connectivity index (χ2v) is 7.09. The van der Waals surface area contributed by atoms with Gasteiger partial charge in [0, 0.05) is 20.3 Å². The van der Waals surface area contributed by atoms with E-state index in [1.54, 1.807) is 36.5 Å². The van der Waals surface area contributed by atoms with Crippen molar-refractivity contribution in [1.82, 2.24) is 25.0 Å². The zero-order valence-electron chi connectivity index (χ0n) is 12.9. The first-order valence-electron chi connectivity index (χ1n) is 7.18. The third kappa shape index (κ3) is 3.98. The van der Waals surface area contributed by atoms with Gasteiger partial charge in [0.2, 0.25) is 5.89 Å². The van der Waals surface area contributed by atoms with Gasteiger partial charge in [0.25, 0.3) is 5.89 Å². The average Bonchev–Trinajstić information content (AvgIpc) is 3.29. The molecule has 0 radical (unpaired) electrons. The van der Waals surface area contributed by atoms with Crippen molar-refractivity contribution < 1.29 is 9.15 Å². The predicted molar refractivity (Wildman–Crippen MR) is 88.4 cm³/mol. The third-order valence-electron chi connectivity index (χ3n) is 3.13. The molecule has 0 saturated heterocycles. The molecule has 0 fully saturated rings. The van der Waals surface area contributed by atoms with Crippen LogP contribution in [0.15, 0.2) is 33.4 Å². The van der Waals surface area contributed by atoms with Crippen molar-refractivity contribution in [2.75, 3.05) is 13.7 Å². The molecule has 1 unspecified atom stereocenters. The fraction of sp³-hybridized carbons (Fsp3) is 0.429. The Morgan fingerprint density at radius 3 is 3.09 bits per heavy atom. The van der Waals surface area contributed by atoms with Crippen LogP contribution in [0.1, 0.15) is 24.5 Å². The molecule has 1 atom stereocenters. The molecule has 3 aromatic heterocycles. The van der Waals surface area contributed by atoms with Gasteiger partial charge in [-0.2, -0.15) is 0 Å². The van der Waals surface area contributed by atoms with E-state index in [4.69, 9.17) is 9.15 Å². The van der Waals surface area contributed by atoms with Gasteiger partial charge in [-0.05, 0) is 24.8 Å². The number of nitrogens with zero attached hydrogens (tertiary/aromatic N) is 5. The van der Waals surface area contributed by atoms with Crippen molar-refractivity contribution in [3.05, 3.63) is 29.7 Å². The van der Waals surface area contributed by atoms with E-state index in [0.29, 0.717) is 18.4 Å². The van der Waals surface area contributed by atoms with E-state index >= 15 is 0 Å². The van der Waals surface area contributed by atoms with Crippen LogP contribution in [0.4, 0.5) is 0 Å². The topological polar surface area (TPSA) is 78.9 Å². The van der Waals surface area contributed by atoms with E-state index in [1.807, 2.05) is 29.0 Å². The Balaban J connectivity index is 1.65. The Morgan fingerprint density at radius 2 is 2.30 bits per heavy atom. The maximum Gasteiger partial charge on any atom is 0.257 e. The van der Waals surface area contributed by atoms with Gasteiger partial charge in [-0.15, -0.1) is 31.7 Å². The summed E-state index contributed by atoms with van der Waals surface area (Å²) in [7, 11) is 1.70. The standard InChI is InChI=1S/C14H17N5O2S2/c1-10(12-16-17-13(21-12)11-5-3-8-22-11)23-14-18-15-9-19(14)6-4-7-20-2/h3,5,8-10H,4,6-7H2,1-2H3. The molecule has 0 aliphatic carbocycles. The van der Waals surface area contributed by atoms with Crippen LogP contribution in [0, 0.1) is 0 Å². The van der Waals surface area contributed by atoms with Gasteiger partial charge < -0.3 is 13.7 Å². The van der Waals surface area contributed by atoms with Crippen LogP contribution in [0.25, 0.3) is 10.8 Å². The molecule has 7 nitrogen and oxygen atoms in total. The number of aromatic nitrogens is 5. The van der Waals surface area contributed by atoms with Crippen molar-refractivity contribution in [1.29, 1.82) is 0 Å². The number of ether oxygens (including phenoxy) is 1. The van der Waals surface area contributed by atoms with Crippen LogP contribution in [0.2, 0.25) is 0 Å². The van der Waals surface area contributed by atoms with Gasteiger partial charge in [0.05, 0.1) is 10.1 Å². The van der Waals surface area contributed by atoms with E-state index in [2.05, 4.69) is 20.4 Å². The molecule has 0 aliphatic rings. The van der Waals surface area contributed by atoms with Gasteiger partial charge in [-0.3, -0.25) is 0 Å². The summed E-state index contributed by atoms with van der Waals surface area (Å²) in [4.78, 5) is 0.976. The molecule has 0 aromatic carbocycles. The molecule has 0 bridgehead atoms. The van der Waals surface area contributed by atoms with Crippen LogP contribution in [0.5, 0.6) is 0 Å². The van der Waals surface area contributed by atoms with Gasteiger partial charge in [-0.25, -0.2) is 0 Å². The molecule has 0 saturated carbocycles. The largest absolute Gasteiger partial charge is 0.419 e. The van der Waals surface area contributed by atoms with Crippen LogP contribution >= 0.6 is 23.1 Å². The van der Waals surface area contributed by atoms with Crippen molar-refractivity contribution in [3.8, 4) is 10.8 Å². The van der Waals surface area contributed by atoms with E-state index < -0.39 is 0 Å². The van der Waals surface area contributed by atoms with E-state index in [1.165, 1.54) is 0 Å². The first-order chi connectivity index (χ1) is 11.3. The summed E-state index contributed by atoms with van der Waals surface area (Å²) < 4.78 is 12.9. The highest BCUT2D eigenvalue weighted by Gasteiger charge is 2.19. The SMILES string of the molecule is COCCCn1cnnc1SC(C)c1nnc(-c2cccs2)o1. The zero-order valence-corrected chi connectivity index (χ0v) is 14.5. The van der Waals surface area contributed by atoms with Gasteiger partial charge in [0.1, 0.15) is 6.33 Å². The monoisotopic (exact) mass is 351 g/mol. The smallest absolute Gasteiger partial charge is 0.257 e. The van der Waals surface area contributed by atoms with Gasteiger partial charge >= 0.3 is 0 Å². The molecule has 3 rings (SSSR count). The molecular weight excluding hydrogens is 334 g/mol.